The van der Waals surface area contributed by atoms with E-state index in [4.69, 9.17) is 4.98 Å². The van der Waals surface area contributed by atoms with Gasteiger partial charge >= 0.3 is 0 Å². The first-order valence-electron chi connectivity index (χ1n) is 10.5. The van der Waals surface area contributed by atoms with Gasteiger partial charge in [0.25, 0.3) is 11.5 Å². The molecule has 3 aromatic rings. The van der Waals surface area contributed by atoms with Crippen LogP contribution >= 0.6 is 0 Å². The van der Waals surface area contributed by atoms with Crippen molar-refractivity contribution in [1.82, 2.24) is 19.4 Å². The number of benzene rings is 1. The van der Waals surface area contributed by atoms with Gasteiger partial charge < -0.3 is 14.5 Å². The number of aromatic nitrogens is 3. The highest BCUT2D eigenvalue weighted by Crippen LogP contribution is 2.34. The predicted octanol–water partition coefficient (Wildman–Crippen LogP) is 3.70. The molecule has 1 amide bonds. The summed E-state index contributed by atoms with van der Waals surface area (Å²) in [6.45, 7) is 5.20. The van der Waals surface area contributed by atoms with Crippen molar-refractivity contribution in [2.24, 2.45) is 0 Å². The van der Waals surface area contributed by atoms with Gasteiger partial charge in [0.2, 0.25) is 0 Å². The number of carbonyl (C=O) groups excluding carboxylic acids is 1. The third-order valence-corrected chi connectivity index (χ3v) is 6.31. The van der Waals surface area contributed by atoms with Crippen LogP contribution in [0, 0.1) is 13.8 Å². The molecule has 6 nitrogen and oxygen atoms in total. The van der Waals surface area contributed by atoms with Crippen LogP contribution in [0.2, 0.25) is 0 Å². The maximum absolute atomic E-state index is 13.3. The van der Waals surface area contributed by atoms with Crippen molar-refractivity contribution in [2.45, 2.75) is 51.5 Å². The number of likely N-dealkylation sites (tertiary alicyclic amines) is 1. The lowest BCUT2D eigenvalue weighted by Gasteiger charge is -2.32. The van der Waals surface area contributed by atoms with Gasteiger partial charge in [0, 0.05) is 31.2 Å². The van der Waals surface area contributed by atoms with E-state index in [1.807, 2.05) is 36.2 Å². The minimum Gasteiger partial charge on any atom is -0.342 e. The fraction of sp³-hybridized carbons (Fsp3) is 0.435. The summed E-state index contributed by atoms with van der Waals surface area (Å²) in [4.78, 5) is 36.4. The second kappa shape index (κ2) is 6.87. The summed E-state index contributed by atoms with van der Waals surface area (Å²) in [7, 11) is 0. The highest BCUT2D eigenvalue weighted by atomic mass is 16.2. The Balaban J connectivity index is 1.43. The maximum Gasteiger partial charge on any atom is 0.263 e. The van der Waals surface area contributed by atoms with Gasteiger partial charge in [-0.2, -0.15) is 0 Å². The van der Waals surface area contributed by atoms with Crippen LogP contribution in [0.4, 0.5) is 0 Å². The van der Waals surface area contributed by atoms with Gasteiger partial charge in [-0.1, -0.05) is 12.1 Å². The molecule has 2 fully saturated rings. The minimum absolute atomic E-state index is 0.139. The molecule has 1 N–H and O–H groups in total. The Morgan fingerprint density at radius 1 is 1.14 bits per heavy atom. The largest absolute Gasteiger partial charge is 0.342 e. The first-order valence-corrected chi connectivity index (χ1v) is 10.5. The van der Waals surface area contributed by atoms with Crippen molar-refractivity contribution >= 4 is 16.9 Å². The van der Waals surface area contributed by atoms with E-state index in [0.717, 1.165) is 53.7 Å². The number of imidazole rings is 1. The lowest BCUT2D eigenvalue weighted by atomic mass is 9.96. The Labute approximate surface area is 169 Å². The average molecular weight is 390 g/mol. The number of nitrogens with one attached hydrogen (secondary N) is 1. The predicted molar refractivity (Wildman–Crippen MR) is 112 cm³/mol. The smallest absolute Gasteiger partial charge is 0.263 e. The van der Waals surface area contributed by atoms with E-state index in [2.05, 4.69) is 18.0 Å². The molecule has 2 aliphatic rings. The van der Waals surface area contributed by atoms with Gasteiger partial charge in [0.05, 0.1) is 11.0 Å². The highest BCUT2D eigenvalue weighted by molar-refractivity contribution is 5.95. The van der Waals surface area contributed by atoms with Crippen molar-refractivity contribution in [3.63, 3.8) is 0 Å². The first-order chi connectivity index (χ1) is 14.0. The van der Waals surface area contributed by atoms with Crippen molar-refractivity contribution in [1.29, 1.82) is 0 Å². The van der Waals surface area contributed by atoms with Crippen LogP contribution in [0.15, 0.2) is 35.3 Å². The van der Waals surface area contributed by atoms with Crippen LogP contribution in [0.3, 0.4) is 0 Å². The van der Waals surface area contributed by atoms with Gasteiger partial charge in [0.1, 0.15) is 11.4 Å². The number of piperidine rings is 1. The number of fused-ring (bicyclic) bond motifs is 1. The number of nitrogens with zero attached hydrogens (tertiary/aromatic N) is 3. The van der Waals surface area contributed by atoms with Gasteiger partial charge in [-0.3, -0.25) is 9.59 Å². The summed E-state index contributed by atoms with van der Waals surface area (Å²) >= 11 is 0. The normalized spacial score (nSPS) is 19.7. The van der Waals surface area contributed by atoms with Crippen LogP contribution in [0.25, 0.3) is 11.0 Å². The lowest BCUT2D eigenvalue weighted by molar-refractivity contribution is 0.0701. The molecule has 0 spiro atoms. The Morgan fingerprint density at radius 3 is 2.72 bits per heavy atom. The van der Waals surface area contributed by atoms with Crippen LogP contribution in [0.1, 0.15) is 65.0 Å². The Morgan fingerprint density at radius 2 is 1.97 bits per heavy atom. The van der Waals surface area contributed by atoms with Gasteiger partial charge in [-0.25, -0.2) is 4.98 Å². The molecule has 5 rings (SSSR count). The molecule has 1 aliphatic heterocycles. The number of hydrogen-bond acceptors (Lipinski definition) is 3. The number of aryl methyl sites for hydroxylation is 2. The number of pyridine rings is 1. The van der Waals surface area contributed by atoms with E-state index in [1.54, 1.807) is 4.57 Å². The Kier molecular flexibility index (Phi) is 4.30. The van der Waals surface area contributed by atoms with Crippen LogP contribution < -0.4 is 5.56 Å². The number of para-hydroxylation sites is 1. The molecule has 1 saturated heterocycles. The number of rotatable bonds is 3. The first kappa shape index (κ1) is 18.2. The van der Waals surface area contributed by atoms with Crippen molar-refractivity contribution < 1.29 is 4.79 Å². The van der Waals surface area contributed by atoms with Crippen LogP contribution in [0.5, 0.6) is 0 Å². The van der Waals surface area contributed by atoms with Crippen molar-refractivity contribution in [2.75, 3.05) is 13.1 Å². The number of hydrogen-bond donors (Lipinski definition) is 1. The molecule has 29 heavy (non-hydrogen) atoms. The topological polar surface area (TPSA) is 71.0 Å². The molecule has 0 bridgehead atoms. The van der Waals surface area contributed by atoms with Crippen molar-refractivity contribution in [3.05, 3.63) is 63.3 Å². The van der Waals surface area contributed by atoms with Gasteiger partial charge in [-0.15, -0.1) is 0 Å². The zero-order chi connectivity index (χ0) is 20.1. The number of aromatic amines is 1. The summed E-state index contributed by atoms with van der Waals surface area (Å²) in [5.41, 5.74) is 4.14. The summed E-state index contributed by atoms with van der Waals surface area (Å²) < 4.78 is 1.74. The zero-order valence-corrected chi connectivity index (χ0v) is 16.9. The number of H-pyrrole nitrogens is 1. The van der Waals surface area contributed by atoms with E-state index >= 15 is 0 Å². The van der Waals surface area contributed by atoms with E-state index in [1.165, 1.54) is 0 Å². The lowest BCUT2D eigenvalue weighted by Crippen LogP contribution is -2.42. The second-order valence-corrected chi connectivity index (χ2v) is 8.50. The second-order valence-electron chi connectivity index (χ2n) is 8.50. The van der Waals surface area contributed by atoms with Crippen LogP contribution in [-0.4, -0.2) is 38.4 Å². The standard InChI is InChI=1S/C23H26N4O2/c1-14-10-12-27(17-8-9-17)23(29)19(14)22(28)26-11-4-6-16(13-26)21-24-18-7-3-5-15(2)20(18)25-21/h3,5,7,10,12,16-17H,4,6,8-9,11,13H2,1-2H3,(H,24,25). The van der Waals surface area contributed by atoms with E-state index in [9.17, 15) is 9.59 Å². The molecule has 1 aromatic carbocycles. The molecule has 6 heteroatoms. The fourth-order valence-corrected chi connectivity index (χ4v) is 4.47. The van der Waals surface area contributed by atoms with E-state index in [-0.39, 0.29) is 23.4 Å². The minimum atomic E-state index is -0.140. The molecule has 3 heterocycles. The van der Waals surface area contributed by atoms with E-state index < -0.39 is 0 Å². The molecular weight excluding hydrogens is 364 g/mol. The van der Waals surface area contributed by atoms with Crippen molar-refractivity contribution in [3.8, 4) is 0 Å². The number of carbonyl (C=O) groups is 1. The molecule has 2 aromatic heterocycles. The maximum atomic E-state index is 13.3. The summed E-state index contributed by atoms with van der Waals surface area (Å²) in [6.07, 6.45) is 5.78. The number of amides is 1. The molecule has 1 unspecified atom stereocenters. The quantitative estimate of drug-likeness (QED) is 0.741. The Hall–Kier alpha value is -2.89. The van der Waals surface area contributed by atoms with E-state index in [0.29, 0.717) is 18.7 Å². The zero-order valence-electron chi connectivity index (χ0n) is 16.9. The molecule has 1 atom stereocenters. The average Bonchev–Trinajstić information content (AvgIpc) is 3.45. The molecule has 150 valence electrons. The third kappa shape index (κ3) is 3.16. The SMILES string of the molecule is Cc1ccn(C2CC2)c(=O)c1C(=O)N1CCCC(c2nc3c(C)cccc3[nH]2)C1. The fourth-order valence-electron chi connectivity index (χ4n) is 4.47. The van der Waals surface area contributed by atoms with Gasteiger partial charge in [-0.05, 0) is 62.8 Å². The third-order valence-electron chi connectivity index (χ3n) is 6.31. The summed E-state index contributed by atoms with van der Waals surface area (Å²) in [5.74, 6) is 0.959. The molecular formula is C23H26N4O2. The van der Waals surface area contributed by atoms with Gasteiger partial charge in [0.15, 0.2) is 0 Å². The van der Waals surface area contributed by atoms with Crippen LogP contribution in [-0.2, 0) is 0 Å². The molecule has 1 saturated carbocycles. The summed E-state index contributed by atoms with van der Waals surface area (Å²) in [6, 6.07) is 8.29. The molecule has 0 radical (unpaired) electrons. The monoisotopic (exact) mass is 390 g/mol. The Bertz CT molecular complexity index is 1160. The molecule has 1 aliphatic carbocycles. The highest BCUT2D eigenvalue weighted by Gasteiger charge is 2.31. The summed E-state index contributed by atoms with van der Waals surface area (Å²) in [5, 5.41) is 0.